The molecule has 0 atom stereocenters. The summed E-state index contributed by atoms with van der Waals surface area (Å²) in [4.78, 5) is 17.5. The first-order chi connectivity index (χ1) is 12.2. The maximum atomic E-state index is 12.7. The summed E-state index contributed by atoms with van der Waals surface area (Å²) in [6.45, 7) is 9.07. The van der Waals surface area contributed by atoms with Gasteiger partial charge >= 0.3 is 5.69 Å². The van der Waals surface area contributed by atoms with Crippen LogP contribution in [0.4, 0.5) is 0 Å². The summed E-state index contributed by atoms with van der Waals surface area (Å²) in [5, 5.41) is 9.54. The predicted octanol–water partition coefficient (Wildman–Crippen LogP) is 3.43. The Morgan fingerprint density at radius 2 is 2.00 bits per heavy atom. The first kappa shape index (κ1) is 18.4. The zero-order valence-corrected chi connectivity index (χ0v) is 16.2. The molecule has 0 amide bonds. The average molecular weight is 353 g/mol. The molecule has 2 aromatic rings. The van der Waals surface area contributed by atoms with Crippen LogP contribution in [0.25, 0.3) is 16.7 Å². The number of rotatable bonds is 3. The van der Waals surface area contributed by atoms with Crippen molar-refractivity contribution in [2.24, 2.45) is 12.5 Å². The number of aryl methyl sites for hydroxylation is 1. The van der Waals surface area contributed by atoms with Gasteiger partial charge in [0.1, 0.15) is 0 Å². The van der Waals surface area contributed by atoms with Crippen LogP contribution < -0.4 is 5.69 Å². The third kappa shape index (κ3) is 3.44. The number of aliphatic hydroxyl groups excluding tert-OH is 1. The number of hydrogen-bond donors (Lipinski definition) is 1. The summed E-state index contributed by atoms with van der Waals surface area (Å²) in [5.74, 6) is 0. The van der Waals surface area contributed by atoms with Crippen LogP contribution in [0.5, 0.6) is 0 Å². The molecule has 0 unspecified atom stereocenters. The Labute approximate surface area is 154 Å². The molecule has 0 aliphatic heterocycles. The van der Waals surface area contributed by atoms with Crippen molar-refractivity contribution in [2.75, 3.05) is 6.61 Å². The van der Waals surface area contributed by atoms with E-state index in [-0.39, 0.29) is 17.7 Å². The molecule has 3 rings (SSSR count). The van der Waals surface area contributed by atoms with Crippen LogP contribution in [-0.2, 0) is 13.6 Å². The monoisotopic (exact) mass is 353 g/mol. The fourth-order valence-electron chi connectivity index (χ4n) is 3.29. The van der Waals surface area contributed by atoms with Crippen LogP contribution in [0.3, 0.4) is 0 Å². The average Bonchev–Trinajstić information content (AvgIpc) is 2.73. The molecule has 138 valence electrons. The number of allylic oxidation sites excluding steroid dienone is 5. The third-order valence-electron chi connectivity index (χ3n) is 4.61. The van der Waals surface area contributed by atoms with E-state index < -0.39 is 0 Å². The van der Waals surface area contributed by atoms with E-state index in [9.17, 15) is 9.90 Å². The van der Waals surface area contributed by atoms with Crippen LogP contribution in [0, 0.1) is 5.41 Å². The maximum Gasteiger partial charge on any atom is 0.330 e. The second-order valence-corrected chi connectivity index (χ2v) is 8.19. The third-order valence-corrected chi connectivity index (χ3v) is 4.61. The predicted molar refractivity (Wildman–Crippen MR) is 106 cm³/mol. The summed E-state index contributed by atoms with van der Waals surface area (Å²) in [5.41, 5.74) is 5.35. The molecular weight excluding hydrogens is 326 g/mol. The second kappa shape index (κ2) is 6.72. The van der Waals surface area contributed by atoms with Gasteiger partial charge in [0.25, 0.3) is 0 Å². The number of hydrogen-bond acceptors (Lipinski definition) is 3. The molecule has 5 heteroatoms. The van der Waals surface area contributed by atoms with Gasteiger partial charge in [-0.2, -0.15) is 0 Å². The Bertz CT molecular complexity index is 995. The summed E-state index contributed by atoms with van der Waals surface area (Å²) < 4.78 is 3.42. The van der Waals surface area contributed by atoms with Gasteiger partial charge in [-0.3, -0.25) is 9.13 Å². The number of fused-ring (bicyclic) bond motifs is 1. The number of pyridine rings is 1. The molecule has 2 heterocycles. The van der Waals surface area contributed by atoms with Gasteiger partial charge in [-0.15, -0.1) is 0 Å². The van der Waals surface area contributed by atoms with E-state index in [2.05, 4.69) is 32.9 Å². The molecule has 0 saturated heterocycles. The zero-order valence-electron chi connectivity index (χ0n) is 16.2. The first-order valence-electron chi connectivity index (χ1n) is 8.95. The van der Waals surface area contributed by atoms with E-state index in [1.54, 1.807) is 16.2 Å². The van der Waals surface area contributed by atoms with Crippen LogP contribution in [0.15, 0.2) is 46.3 Å². The number of nitrogens with zero attached hydrogens (tertiary/aromatic N) is 3. The molecule has 5 nitrogen and oxygen atoms in total. The summed E-state index contributed by atoms with van der Waals surface area (Å²) in [6, 6.07) is 3.94. The minimum Gasteiger partial charge on any atom is -0.392 e. The lowest BCUT2D eigenvalue weighted by molar-refractivity contribution is 0.329. The standard InChI is InChI=1S/C21H27N3O2/c1-14-7-6-8-15(12-25)11-16(14)17-9-10-18-19(22-17)23(5)20(26)24(18)13-21(2,3)4/h6-7,9-11,25H,8,12-13H2,1-5H3. The maximum absolute atomic E-state index is 12.7. The smallest absolute Gasteiger partial charge is 0.330 e. The highest BCUT2D eigenvalue weighted by Gasteiger charge is 2.19. The fourth-order valence-corrected chi connectivity index (χ4v) is 3.29. The largest absolute Gasteiger partial charge is 0.392 e. The molecule has 0 saturated carbocycles. The van der Waals surface area contributed by atoms with Crippen molar-refractivity contribution in [3.63, 3.8) is 0 Å². The lowest BCUT2D eigenvalue weighted by atomic mass is 9.97. The highest BCUT2D eigenvalue weighted by Crippen LogP contribution is 2.27. The van der Waals surface area contributed by atoms with Crippen molar-refractivity contribution >= 4 is 16.7 Å². The van der Waals surface area contributed by atoms with Crippen molar-refractivity contribution in [3.8, 4) is 0 Å². The number of aliphatic hydroxyl groups is 1. The minimum atomic E-state index is -0.0439. The van der Waals surface area contributed by atoms with E-state index in [1.165, 1.54) is 0 Å². The fraction of sp³-hybridized carbons (Fsp3) is 0.429. The van der Waals surface area contributed by atoms with Crippen LogP contribution in [0.2, 0.25) is 0 Å². The number of imidazole rings is 1. The highest BCUT2D eigenvalue weighted by molar-refractivity contribution is 5.81. The Kier molecular flexibility index (Phi) is 4.76. The van der Waals surface area contributed by atoms with E-state index in [1.807, 2.05) is 25.1 Å². The van der Waals surface area contributed by atoms with Gasteiger partial charge in [-0.25, -0.2) is 9.78 Å². The quantitative estimate of drug-likeness (QED) is 0.920. The topological polar surface area (TPSA) is 60.0 Å². The molecule has 0 radical (unpaired) electrons. The minimum absolute atomic E-state index is 0.000738. The molecule has 2 aromatic heterocycles. The van der Waals surface area contributed by atoms with Gasteiger partial charge in [0.2, 0.25) is 0 Å². The molecule has 0 fully saturated rings. The van der Waals surface area contributed by atoms with E-state index in [0.717, 1.165) is 34.4 Å². The van der Waals surface area contributed by atoms with Gasteiger partial charge in [-0.1, -0.05) is 39.0 Å². The lowest BCUT2D eigenvalue weighted by Crippen LogP contribution is -2.27. The Morgan fingerprint density at radius 3 is 2.65 bits per heavy atom. The summed E-state index contributed by atoms with van der Waals surface area (Å²) in [6.07, 6.45) is 6.86. The van der Waals surface area contributed by atoms with E-state index in [4.69, 9.17) is 4.98 Å². The van der Waals surface area contributed by atoms with Crippen molar-refractivity contribution in [2.45, 2.75) is 40.7 Å². The lowest BCUT2D eigenvalue weighted by Gasteiger charge is -2.18. The van der Waals surface area contributed by atoms with Crippen molar-refractivity contribution < 1.29 is 5.11 Å². The normalized spacial score (nSPS) is 15.5. The zero-order chi connectivity index (χ0) is 19.1. The van der Waals surface area contributed by atoms with Crippen molar-refractivity contribution in [1.29, 1.82) is 0 Å². The molecular formula is C21H27N3O2. The first-order valence-corrected chi connectivity index (χ1v) is 8.95. The molecule has 0 bridgehead atoms. The summed E-state index contributed by atoms with van der Waals surface area (Å²) >= 11 is 0. The molecule has 0 aromatic carbocycles. The van der Waals surface area contributed by atoms with Crippen LogP contribution in [-0.4, -0.2) is 25.8 Å². The van der Waals surface area contributed by atoms with Crippen LogP contribution >= 0.6 is 0 Å². The SMILES string of the molecule is CC1=C(c2ccc3c(n2)n(C)c(=O)n3CC(C)(C)C)C=C(CO)CC=C1. The Hall–Kier alpha value is -2.40. The van der Waals surface area contributed by atoms with Crippen molar-refractivity contribution in [1.82, 2.24) is 14.1 Å². The van der Waals surface area contributed by atoms with E-state index in [0.29, 0.717) is 12.2 Å². The van der Waals surface area contributed by atoms with Crippen LogP contribution in [0.1, 0.15) is 39.8 Å². The Morgan fingerprint density at radius 1 is 1.27 bits per heavy atom. The van der Waals surface area contributed by atoms with Gasteiger partial charge < -0.3 is 5.11 Å². The van der Waals surface area contributed by atoms with Gasteiger partial charge in [-0.05, 0) is 42.0 Å². The van der Waals surface area contributed by atoms with Crippen molar-refractivity contribution in [3.05, 3.63) is 57.7 Å². The van der Waals surface area contributed by atoms with E-state index >= 15 is 0 Å². The van der Waals surface area contributed by atoms with Gasteiger partial charge in [0.15, 0.2) is 5.65 Å². The molecule has 26 heavy (non-hydrogen) atoms. The highest BCUT2D eigenvalue weighted by atomic mass is 16.3. The molecule has 0 spiro atoms. The van der Waals surface area contributed by atoms with Gasteiger partial charge in [0.05, 0.1) is 17.8 Å². The summed E-state index contributed by atoms with van der Waals surface area (Å²) in [7, 11) is 1.77. The molecule has 1 aliphatic carbocycles. The molecule has 1 N–H and O–H groups in total. The number of aromatic nitrogens is 3. The van der Waals surface area contributed by atoms with Gasteiger partial charge in [0, 0.05) is 19.2 Å². The molecule has 1 aliphatic rings. The second-order valence-electron chi connectivity index (χ2n) is 8.19. The Balaban J connectivity index is 2.18.